The van der Waals surface area contributed by atoms with Gasteiger partial charge in [0.2, 0.25) is 5.88 Å². The van der Waals surface area contributed by atoms with Crippen molar-refractivity contribution in [1.29, 1.82) is 0 Å². The summed E-state index contributed by atoms with van der Waals surface area (Å²) in [5.41, 5.74) is 0.599. The number of urea groups is 1. The number of nitrogens with zero attached hydrogens (tertiary/aromatic N) is 1. The number of rotatable bonds is 5. The molecule has 9 heteroatoms. The predicted octanol–water partition coefficient (Wildman–Crippen LogP) is 3.17. The van der Waals surface area contributed by atoms with Crippen molar-refractivity contribution in [3.63, 3.8) is 0 Å². The van der Waals surface area contributed by atoms with Crippen LogP contribution >= 0.6 is 0 Å². The average molecular weight is 375 g/mol. The van der Waals surface area contributed by atoms with Crippen molar-refractivity contribution in [3.05, 3.63) is 23.9 Å². The summed E-state index contributed by atoms with van der Waals surface area (Å²) < 4.78 is 46.6. The number of hydrogen-bond donors (Lipinski definition) is 2. The van der Waals surface area contributed by atoms with Gasteiger partial charge in [-0.15, -0.1) is 0 Å². The number of alkyl halides is 3. The normalized spacial score (nSPS) is 23.8. The summed E-state index contributed by atoms with van der Waals surface area (Å²) in [5, 5.41) is 5.54. The van der Waals surface area contributed by atoms with Crippen molar-refractivity contribution >= 4 is 6.03 Å². The van der Waals surface area contributed by atoms with Gasteiger partial charge in [-0.2, -0.15) is 13.2 Å². The Hall–Kier alpha value is -2.03. The maximum Gasteiger partial charge on any atom is 0.422 e. The first-order valence-corrected chi connectivity index (χ1v) is 8.73. The first-order valence-electron chi connectivity index (χ1n) is 8.73. The molecule has 1 aromatic rings. The molecule has 0 aliphatic carbocycles. The number of aromatic nitrogens is 1. The van der Waals surface area contributed by atoms with E-state index >= 15 is 0 Å². The van der Waals surface area contributed by atoms with Gasteiger partial charge < -0.3 is 20.1 Å². The zero-order chi connectivity index (χ0) is 19.2. The highest BCUT2D eigenvalue weighted by atomic mass is 19.4. The van der Waals surface area contributed by atoms with E-state index in [0.717, 1.165) is 19.3 Å². The number of ether oxygens (including phenoxy) is 2. The monoisotopic (exact) mass is 375 g/mol. The predicted molar refractivity (Wildman–Crippen MR) is 88.8 cm³/mol. The Morgan fingerprint density at radius 1 is 1.38 bits per heavy atom. The molecule has 3 atom stereocenters. The molecule has 2 fully saturated rings. The summed E-state index contributed by atoms with van der Waals surface area (Å²) >= 11 is 0. The lowest BCUT2D eigenvalue weighted by atomic mass is 9.96. The molecule has 3 heterocycles. The molecule has 146 valence electrons. The number of pyridine rings is 1. The molecule has 6 nitrogen and oxygen atoms in total. The molecule has 3 unspecified atom stereocenters. The average Bonchev–Trinajstić information content (AvgIpc) is 3.23. The van der Waals surface area contributed by atoms with Gasteiger partial charge in [-0.05, 0) is 30.9 Å². The van der Waals surface area contributed by atoms with E-state index in [-0.39, 0.29) is 36.7 Å². The highest BCUT2D eigenvalue weighted by molar-refractivity contribution is 5.74. The molecule has 2 bridgehead atoms. The fraction of sp³-hybridized carbons (Fsp3) is 0.647. The van der Waals surface area contributed by atoms with Gasteiger partial charge in [0.25, 0.3) is 0 Å². The highest BCUT2D eigenvalue weighted by Crippen LogP contribution is 2.34. The van der Waals surface area contributed by atoms with E-state index in [0.29, 0.717) is 5.56 Å². The molecule has 3 rings (SSSR count). The van der Waals surface area contributed by atoms with Gasteiger partial charge in [0.1, 0.15) is 0 Å². The van der Waals surface area contributed by atoms with Gasteiger partial charge in [0.15, 0.2) is 6.61 Å². The molecule has 0 aromatic carbocycles. The zero-order valence-electron chi connectivity index (χ0n) is 14.8. The van der Waals surface area contributed by atoms with Crippen LogP contribution in [0.2, 0.25) is 0 Å². The van der Waals surface area contributed by atoms with Crippen LogP contribution in [-0.2, 0) is 11.3 Å². The van der Waals surface area contributed by atoms with E-state index in [1.165, 1.54) is 12.3 Å². The van der Waals surface area contributed by atoms with Gasteiger partial charge in [-0.1, -0.05) is 13.8 Å². The largest absolute Gasteiger partial charge is 0.468 e. The Morgan fingerprint density at radius 3 is 2.77 bits per heavy atom. The van der Waals surface area contributed by atoms with Crippen LogP contribution in [0.5, 0.6) is 5.88 Å². The second kappa shape index (κ2) is 9.07. The molecule has 1 aromatic heterocycles. The fourth-order valence-electron chi connectivity index (χ4n) is 2.99. The highest BCUT2D eigenvalue weighted by Gasteiger charge is 2.41. The van der Waals surface area contributed by atoms with Crippen LogP contribution < -0.4 is 15.4 Å². The van der Waals surface area contributed by atoms with Crippen LogP contribution in [0.15, 0.2) is 18.3 Å². The summed E-state index contributed by atoms with van der Waals surface area (Å²) in [4.78, 5) is 15.6. The summed E-state index contributed by atoms with van der Waals surface area (Å²) in [6.07, 6.45) is 0.0752. The topological polar surface area (TPSA) is 72.5 Å². The van der Waals surface area contributed by atoms with Crippen LogP contribution in [-0.4, -0.2) is 42.0 Å². The summed E-state index contributed by atoms with van der Waals surface area (Å²) in [5.74, 6) is -0.131. The van der Waals surface area contributed by atoms with E-state index in [2.05, 4.69) is 20.4 Å². The molecule has 0 saturated carbocycles. The quantitative estimate of drug-likeness (QED) is 0.829. The summed E-state index contributed by atoms with van der Waals surface area (Å²) in [7, 11) is 0. The Bertz CT molecular complexity index is 598. The van der Waals surface area contributed by atoms with E-state index in [1.54, 1.807) is 6.07 Å². The second-order valence-corrected chi connectivity index (χ2v) is 5.95. The molecule has 2 aliphatic rings. The smallest absolute Gasteiger partial charge is 0.422 e. The molecule has 26 heavy (non-hydrogen) atoms. The number of carbonyl (C=O) groups excluding carboxylic acids is 1. The van der Waals surface area contributed by atoms with Gasteiger partial charge in [-0.25, -0.2) is 9.78 Å². The molecule has 2 saturated heterocycles. The first kappa shape index (κ1) is 20.3. The lowest BCUT2D eigenvalue weighted by molar-refractivity contribution is -0.154. The Balaban J connectivity index is 0.00000117. The third-order valence-electron chi connectivity index (χ3n) is 4.06. The molecule has 2 amide bonds. The summed E-state index contributed by atoms with van der Waals surface area (Å²) in [6.45, 7) is 2.76. The first-order chi connectivity index (χ1) is 12.4. The minimum Gasteiger partial charge on any atom is -0.468 e. The lowest BCUT2D eigenvalue weighted by Crippen LogP contribution is -2.46. The van der Waals surface area contributed by atoms with Crippen LogP contribution in [0.1, 0.15) is 38.7 Å². The third kappa shape index (κ3) is 6.05. The van der Waals surface area contributed by atoms with Gasteiger partial charge >= 0.3 is 12.2 Å². The van der Waals surface area contributed by atoms with E-state index in [9.17, 15) is 18.0 Å². The molecule has 0 radical (unpaired) electrons. The number of hydrogen-bond acceptors (Lipinski definition) is 4. The van der Waals surface area contributed by atoms with Crippen molar-refractivity contribution in [2.45, 2.75) is 64.1 Å². The molecule has 2 aliphatic heterocycles. The van der Waals surface area contributed by atoms with Crippen LogP contribution in [0.4, 0.5) is 18.0 Å². The maximum atomic E-state index is 12.1. The van der Waals surface area contributed by atoms with Crippen LogP contribution in [0.25, 0.3) is 0 Å². The number of halogens is 3. The molecular formula is C17H24F3N3O3. The SMILES string of the molecule is CC.O=C(NCc1ccnc(OCC(F)(F)F)c1)NC1CC2CCC1O2. The second-order valence-electron chi connectivity index (χ2n) is 5.95. The van der Waals surface area contributed by atoms with Crippen molar-refractivity contribution < 1.29 is 27.4 Å². The van der Waals surface area contributed by atoms with Gasteiger partial charge in [-0.3, -0.25) is 0 Å². The van der Waals surface area contributed by atoms with E-state index < -0.39 is 12.8 Å². The number of fused-ring (bicyclic) bond motifs is 2. The number of amides is 2. The third-order valence-corrected chi connectivity index (χ3v) is 4.06. The molecular weight excluding hydrogens is 351 g/mol. The van der Waals surface area contributed by atoms with Crippen LogP contribution in [0, 0.1) is 0 Å². The van der Waals surface area contributed by atoms with Crippen molar-refractivity contribution in [1.82, 2.24) is 15.6 Å². The Labute approximate surface area is 150 Å². The van der Waals surface area contributed by atoms with Crippen LogP contribution in [0.3, 0.4) is 0 Å². The lowest BCUT2D eigenvalue weighted by Gasteiger charge is -2.20. The van der Waals surface area contributed by atoms with Crippen molar-refractivity contribution in [2.24, 2.45) is 0 Å². The molecule has 0 spiro atoms. The van der Waals surface area contributed by atoms with Gasteiger partial charge in [0, 0.05) is 18.8 Å². The Kier molecular flexibility index (Phi) is 7.07. The number of nitrogens with one attached hydrogen (secondary N) is 2. The Morgan fingerprint density at radius 2 is 2.15 bits per heavy atom. The van der Waals surface area contributed by atoms with Crippen molar-refractivity contribution in [2.75, 3.05) is 6.61 Å². The maximum absolute atomic E-state index is 12.1. The standard InChI is InChI=1S/C15H18F3N3O3.C2H6/c16-15(17,18)8-23-13-5-9(3-4-19-13)7-20-14(22)21-11-6-10-1-2-12(11)24-10;1-2/h3-5,10-12H,1-2,6-8H2,(H2,20,21,22);1-2H3. The number of carbonyl (C=O) groups is 1. The zero-order valence-corrected chi connectivity index (χ0v) is 14.8. The van der Waals surface area contributed by atoms with Gasteiger partial charge in [0.05, 0.1) is 18.2 Å². The van der Waals surface area contributed by atoms with E-state index in [4.69, 9.17) is 4.74 Å². The summed E-state index contributed by atoms with van der Waals surface area (Å²) in [6, 6.07) is 2.66. The van der Waals surface area contributed by atoms with Crippen molar-refractivity contribution in [3.8, 4) is 5.88 Å². The minimum atomic E-state index is -4.42. The fourth-order valence-corrected chi connectivity index (χ4v) is 2.99. The molecule has 2 N–H and O–H groups in total. The van der Waals surface area contributed by atoms with E-state index in [1.807, 2.05) is 13.8 Å². The minimum absolute atomic E-state index is 0.0202.